The third kappa shape index (κ3) is 18.4. The van der Waals surface area contributed by atoms with Gasteiger partial charge in [-0.15, -0.1) is 0 Å². The van der Waals surface area contributed by atoms with Crippen molar-refractivity contribution in [2.45, 2.75) is 30.5 Å². The summed E-state index contributed by atoms with van der Waals surface area (Å²) >= 11 is 6.88. The van der Waals surface area contributed by atoms with E-state index in [1.165, 1.54) is 67.4 Å². The molecule has 0 N–H and O–H groups in total. The fourth-order valence-electron chi connectivity index (χ4n) is 9.37. The van der Waals surface area contributed by atoms with E-state index >= 15 is 0 Å². The second-order valence-electron chi connectivity index (χ2n) is 19.5. The Morgan fingerprint density at radius 3 is 0.952 bits per heavy atom. The van der Waals surface area contributed by atoms with Gasteiger partial charge in [-0.1, -0.05) is 268 Å². The Hall–Kier alpha value is -7.20. The van der Waals surface area contributed by atoms with Gasteiger partial charge >= 0.3 is 15.2 Å². The van der Waals surface area contributed by atoms with Gasteiger partial charge in [-0.3, -0.25) is 9.13 Å². The van der Waals surface area contributed by atoms with E-state index in [-0.39, 0.29) is 6.42 Å². The normalized spacial score (nSPS) is 11.1. The summed E-state index contributed by atoms with van der Waals surface area (Å²) in [5, 5.41) is -0.218. The zero-order chi connectivity index (χ0) is 59.7. The standard InChI is InChI=1S/C24H28O6P2.C22H18O2.C19H15Br.C7H7Br/c1-27-31(25,28-2)24(32(26,29-3)30-4)17-19-10-8-13-21(16-19)23-15-9-14-22(18-23)20-11-6-5-7-12-20;23-15-18(16-24)12-17-6-4-9-20(13-17)22-11-5-10-21(14-22)19-7-2-1-3-8-19;20-14-15-6-4-9-17(12-15)19-11-5-10-18(13-19)16-7-2-1-3-8-16;1-6-3-2-4-7(8)5-6/h5-16,18,24H,17H2,1-4H3;1-11,13-16,18H,12H2;1-13H,14H2;2-5H,1H3. The van der Waals surface area contributed by atoms with Crippen LogP contribution in [0.5, 0.6) is 0 Å². The molecule has 0 heterocycles. The number of alkyl halides is 1. The van der Waals surface area contributed by atoms with E-state index in [0.29, 0.717) is 19.0 Å². The number of halogens is 2. The number of hydrogen-bond donors (Lipinski definition) is 0. The van der Waals surface area contributed by atoms with Crippen molar-refractivity contribution in [3.63, 3.8) is 0 Å². The summed E-state index contributed by atoms with van der Waals surface area (Å²) in [6.45, 7) is 2.07. The highest BCUT2D eigenvalue weighted by Crippen LogP contribution is 2.70. The van der Waals surface area contributed by atoms with Crippen LogP contribution in [0.2, 0.25) is 0 Å². The van der Waals surface area contributed by atoms with Gasteiger partial charge in [0.2, 0.25) is 0 Å². The molecule has 10 rings (SSSR count). The summed E-state index contributed by atoms with van der Waals surface area (Å²) in [5.41, 5.74) is 18.2. The van der Waals surface area contributed by atoms with Crippen LogP contribution in [-0.2, 0) is 55.0 Å². The molecule has 0 aromatic heterocycles. The molecule has 10 aromatic rings. The fraction of sp³-hybridized carbons (Fsp3) is 0.139. The van der Waals surface area contributed by atoms with Gasteiger partial charge in [-0.2, -0.15) is 0 Å². The van der Waals surface area contributed by atoms with E-state index in [2.05, 4.69) is 178 Å². The molecule has 0 aliphatic heterocycles. The summed E-state index contributed by atoms with van der Waals surface area (Å²) in [4.78, 5) is 21.7. The number of carbonyl (C=O) groups is 2. The third-order valence-electron chi connectivity index (χ3n) is 13.8. The highest BCUT2D eigenvalue weighted by atomic mass is 79.9. The third-order valence-corrected chi connectivity index (χ3v) is 20.5. The Morgan fingerprint density at radius 1 is 0.357 bits per heavy atom. The molecule has 0 saturated carbocycles. The van der Waals surface area contributed by atoms with E-state index in [4.69, 9.17) is 18.1 Å². The first kappa shape index (κ1) is 64.4. The molecule has 0 saturated heterocycles. The van der Waals surface area contributed by atoms with Crippen LogP contribution in [0.15, 0.2) is 265 Å². The van der Waals surface area contributed by atoms with Crippen molar-refractivity contribution in [2.75, 3.05) is 28.4 Å². The molecule has 0 fully saturated rings. The van der Waals surface area contributed by atoms with Crippen LogP contribution < -0.4 is 0 Å². The summed E-state index contributed by atoms with van der Waals surface area (Å²) in [6.07, 6.45) is 1.98. The Bertz CT molecular complexity index is 3720. The number of carbonyl (C=O) groups excluding carboxylic acids is 2. The SMILES string of the molecule is BrCc1cccc(-c2cccc(-c3ccccc3)c2)c1.COP(=O)(OC)C(Cc1cccc(-c2cccc(-c3ccccc3)c2)c1)P(=O)(OC)OC.Cc1cccc(Br)c1.O=CC(C=O)Cc1cccc(-c2cccc(-c3ccccc3)c2)c1. The molecule has 0 radical (unpaired) electrons. The number of benzene rings is 10. The lowest BCUT2D eigenvalue weighted by Gasteiger charge is -2.29. The molecule has 10 aromatic carbocycles. The molecular weight excluding hydrogens is 1210 g/mol. The number of aryl methyl sites for hydroxylation is 1. The molecule has 0 aliphatic rings. The topological polar surface area (TPSA) is 105 Å². The highest BCUT2D eigenvalue weighted by Gasteiger charge is 2.49. The van der Waals surface area contributed by atoms with Crippen LogP contribution in [0.25, 0.3) is 66.8 Å². The summed E-state index contributed by atoms with van der Waals surface area (Å²) < 4.78 is 48.2. The first-order valence-electron chi connectivity index (χ1n) is 27.2. The Kier molecular flexibility index (Phi) is 25.1. The van der Waals surface area contributed by atoms with Crippen LogP contribution in [-0.4, -0.2) is 46.4 Å². The fourth-order valence-corrected chi connectivity index (χ4v) is 14.9. The Labute approximate surface area is 512 Å². The first-order chi connectivity index (χ1) is 40.8. The van der Waals surface area contributed by atoms with Crippen molar-refractivity contribution in [3.8, 4) is 66.8 Å². The maximum atomic E-state index is 13.2. The largest absolute Gasteiger partial charge is 0.345 e. The predicted molar refractivity (Wildman–Crippen MR) is 354 cm³/mol. The minimum Gasteiger partial charge on any atom is -0.311 e. The number of rotatable bonds is 19. The van der Waals surface area contributed by atoms with Crippen molar-refractivity contribution in [1.82, 2.24) is 0 Å². The maximum Gasteiger partial charge on any atom is 0.345 e. The minimum absolute atomic E-state index is 0.129. The smallest absolute Gasteiger partial charge is 0.311 e. The van der Waals surface area contributed by atoms with Gasteiger partial charge in [-0.05, 0) is 134 Å². The second kappa shape index (κ2) is 32.7. The van der Waals surface area contributed by atoms with Gasteiger partial charge in [0, 0.05) is 38.2 Å². The van der Waals surface area contributed by atoms with Gasteiger partial charge in [0.25, 0.3) is 0 Å². The summed E-state index contributed by atoms with van der Waals surface area (Å²) in [7, 11) is -2.47. The molecule has 0 aliphatic carbocycles. The van der Waals surface area contributed by atoms with Gasteiger partial charge in [0.1, 0.15) is 12.6 Å². The Balaban J connectivity index is 0.000000173. The van der Waals surface area contributed by atoms with E-state index in [9.17, 15) is 18.7 Å². The van der Waals surface area contributed by atoms with Crippen LogP contribution in [0, 0.1) is 12.8 Å². The van der Waals surface area contributed by atoms with Crippen LogP contribution in [0.1, 0.15) is 22.3 Å². The molecule has 0 atom stereocenters. The van der Waals surface area contributed by atoms with Crippen molar-refractivity contribution in [3.05, 3.63) is 288 Å². The average molecular weight is 1280 g/mol. The van der Waals surface area contributed by atoms with Crippen molar-refractivity contribution < 1.29 is 36.8 Å². The minimum atomic E-state index is -3.76. The molecule has 0 bridgehead atoms. The van der Waals surface area contributed by atoms with Gasteiger partial charge in [0.05, 0.1) is 5.92 Å². The van der Waals surface area contributed by atoms with E-state index < -0.39 is 26.5 Å². The Morgan fingerprint density at radius 2 is 0.643 bits per heavy atom. The van der Waals surface area contributed by atoms with E-state index in [0.717, 1.165) is 59.9 Å². The lowest BCUT2D eigenvalue weighted by Crippen LogP contribution is -2.17. The van der Waals surface area contributed by atoms with E-state index in [1.54, 1.807) is 0 Å². The molecule has 8 nitrogen and oxygen atoms in total. The average Bonchev–Trinajstić information content (AvgIpc) is 3.76. The zero-order valence-electron chi connectivity index (χ0n) is 47.7. The lowest BCUT2D eigenvalue weighted by molar-refractivity contribution is -0.119. The monoisotopic (exact) mass is 1280 g/mol. The molecule has 428 valence electrons. The van der Waals surface area contributed by atoms with E-state index in [1.807, 2.05) is 121 Å². The summed E-state index contributed by atoms with van der Waals surface area (Å²) in [5.74, 6) is -0.573. The molecule has 0 unspecified atom stereocenters. The zero-order valence-corrected chi connectivity index (χ0v) is 52.6. The molecule has 0 amide bonds. The maximum absolute atomic E-state index is 13.2. The van der Waals surface area contributed by atoms with Crippen molar-refractivity contribution >= 4 is 59.6 Å². The van der Waals surface area contributed by atoms with Gasteiger partial charge < -0.3 is 27.7 Å². The predicted octanol–water partition coefficient (Wildman–Crippen LogP) is 20.1. The van der Waals surface area contributed by atoms with Crippen LogP contribution >= 0.6 is 47.1 Å². The first-order valence-corrected chi connectivity index (χ1v) is 32.3. The van der Waals surface area contributed by atoms with Crippen LogP contribution in [0.3, 0.4) is 0 Å². The molecule has 0 spiro atoms. The molecule has 12 heteroatoms. The quantitative estimate of drug-likeness (QED) is 0.0341. The molecular formula is C72H68Br2O8P2. The number of aldehydes is 2. The lowest BCUT2D eigenvalue weighted by atomic mass is 9.95. The van der Waals surface area contributed by atoms with Gasteiger partial charge in [-0.25, -0.2) is 0 Å². The van der Waals surface area contributed by atoms with Crippen LogP contribution in [0.4, 0.5) is 0 Å². The van der Waals surface area contributed by atoms with Crippen molar-refractivity contribution in [2.24, 2.45) is 5.92 Å². The second-order valence-corrected chi connectivity index (χ2v) is 26.3. The highest BCUT2D eigenvalue weighted by molar-refractivity contribution is 9.10. The van der Waals surface area contributed by atoms with Crippen molar-refractivity contribution in [1.29, 1.82) is 0 Å². The van der Waals surface area contributed by atoms with Gasteiger partial charge in [0.15, 0.2) is 5.40 Å². The molecule has 84 heavy (non-hydrogen) atoms. The number of hydrogen-bond acceptors (Lipinski definition) is 8. The summed E-state index contributed by atoms with van der Waals surface area (Å²) in [6, 6.07) is 88.8.